The molecule has 5 heteroatoms. The number of hydrogen-bond acceptors (Lipinski definition) is 5. The zero-order chi connectivity index (χ0) is 14.4. The number of carbonyl (C=O) groups excluding carboxylic acids is 1. The number of ether oxygens (including phenoxy) is 2. The Labute approximate surface area is 124 Å². The molecule has 0 spiro atoms. The standard InChI is InChI=1S/C15H21NO3S/c1-18-14-5-4-11(13(17)6-7-16)9-15(14)19-12-3-2-8-20-10-12/h4-5,9,12H,2-3,6-8,10,16H2,1H3. The molecule has 20 heavy (non-hydrogen) atoms. The summed E-state index contributed by atoms with van der Waals surface area (Å²) in [4.78, 5) is 11.9. The van der Waals surface area contributed by atoms with Gasteiger partial charge in [-0.1, -0.05) is 0 Å². The molecular weight excluding hydrogens is 274 g/mol. The van der Waals surface area contributed by atoms with Gasteiger partial charge in [-0.15, -0.1) is 0 Å². The Hall–Kier alpha value is -1.20. The minimum Gasteiger partial charge on any atom is -0.493 e. The topological polar surface area (TPSA) is 61.5 Å². The maximum Gasteiger partial charge on any atom is 0.164 e. The number of thioether (sulfide) groups is 1. The van der Waals surface area contributed by atoms with Crippen molar-refractivity contribution in [1.82, 2.24) is 0 Å². The second-order valence-corrected chi connectivity index (χ2v) is 5.93. The lowest BCUT2D eigenvalue weighted by Crippen LogP contribution is -2.23. The van der Waals surface area contributed by atoms with Crippen LogP contribution in [0.1, 0.15) is 29.6 Å². The summed E-state index contributed by atoms with van der Waals surface area (Å²) < 4.78 is 11.3. The van der Waals surface area contributed by atoms with Crippen LogP contribution in [0, 0.1) is 0 Å². The Bertz CT molecular complexity index is 458. The molecule has 2 N–H and O–H groups in total. The average molecular weight is 295 g/mol. The lowest BCUT2D eigenvalue weighted by molar-refractivity contribution is 0.0984. The van der Waals surface area contributed by atoms with Crippen molar-refractivity contribution in [2.75, 3.05) is 25.2 Å². The predicted octanol–water partition coefficient (Wildman–Crippen LogP) is 2.50. The smallest absolute Gasteiger partial charge is 0.164 e. The van der Waals surface area contributed by atoms with Crippen molar-refractivity contribution in [3.05, 3.63) is 23.8 Å². The van der Waals surface area contributed by atoms with Crippen LogP contribution in [0.4, 0.5) is 0 Å². The van der Waals surface area contributed by atoms with Crippen molar-refractivity contribution < 1.29 is 14.3 Å². The fourth-order valence-corrected chi connectivity index (χ4v) is 3.24. The molecule has 0 aromatic heterocycles. The molecule has 0 saturated carbocycles. The zero-order valence-electron chi connectivity index (χ0n) is 11.8. The number of rotatable bonds is 6. The van der Waals surface area contributed by atoms with Crippen LogP contribution < -0.4 is 15.2 Å². The molecule has 1 fully saturated rings. The van der Waals surface area contributed by atoms with Gasteiger partial charge in [0.25, 0.3) is 0 Å². The second kappa shape index (κ2) is 7.55. The van der Waals surface area contributed by atoms with E-state index in [1.54, 1.807) is 25.3 Å². The molecule has 1 unspecified atom stereocenters. The van der Waals surface area contributed by atoms with Crippen molar-refractivity contribution in [3.63, 3.8) is 0 Å². The first-order valence-electron chi connectivity index (χ1n) is 6.90. The van der Waals surface area contributed by atoms with Gasteiger partial charge >= 0.3 is 0 Å². The first-order chi connectivity index (χ1) is 9.74. The first-order valence-corrected chi connectivity index (χ1v) is 8.05. The highest BCUT2D eigenvalue weighted by Gasteiger charge is 2.18. The number of nitrogens with two attached hydrogens (primary N) is 1. The SMILES string of the molecule is COc1ccc(C(=O)CCN)cc1OC1CCCSC1. The molecule has 1 aromatic rings. The van der Waals surface area contributed by atoms with Gasteiger partial charge in [-0.2, -0.15) is 11.8 Å². The summed E-state index contributed by atoms with van der Waals surface area (Å²) in [5, 5.41) is 0. The van der Waals surface area contributed by atoms with Gasteiger partial charge in [0.15, 0.2) is 17.3 Å². The van der Waals surface area contributed by atoms with Gasteiger partial charge in [-0.25, -0.2) is 0 Å². The van der Waals surface area contributed by atoms with Crippen LogP contribution in [-0.4, -0.2) is 37.0 Å². The third kappa shape index (κ3) is 3.90. The molecule has 2 rings (SSSR count). The molecule has 0 aliphatic carbocycles. The monoisotopic (exact) mass is 295 g/mol. The molecule has 4 nitrogen and oxygen atoms in total. The maximum atomic E-state index is 11.9. The summed E-state index contributed by atoms with van der Waals surface area (Å²) in [6, 6.07) is 5.32. The van der Waals surface area contributed by atoms with Gasteiger partial charge in [0, 0.05) is 17.7 Å². The van der Waals surface area contributed by atoms with Crippen LogP contribution in [0.2, 0.25) is 0 Å². The van der Waals surface area contributed by atoms with Crippen LogP contribution in [0.15, 0.2) is 18.2 Å². The molecule has 1 aliphatic rings. The normalized spacial score (nSPS) is 18.6. The fourth-order valence-electron chi connectivity index (χ4n) is 2.20. The Morgan fingerprint density at radius 3 is 2.95 bits per heavy atom. The summed E-state index contributed by atoms with van der Waals surface area (Å²) in [7, 11) is 1.61. The van der Waals surface area contributed by atoms with Crippen LogP contribution in [0.3, 0.4) is 0 Å². The third-order valence-electron chi connectivity index (χ3n) is 3.27. The van der Waals surface area contributed by atoms with E-state index in [2.05, 4.69) is 0 Å². The highest BCUT2D eigenvalue weighted by Crippen LogP contribution is 2.31. The maximum absolute atomic E-state index is 11.9. The van der Waals surface area contributed by atoms with Gasteiger partial charge in [-0.05, 0) is 43.3 Å². The van der Waals surface area contributed by atoms with Crippen molar-refractivity contribution in [3.8, 4) is 11.5 Å². The number of hydrogen-bond donors (Lipinski definition) is 1. The molecule has 0 bridgehead atoms. The summed E-state index contributed by atoms with van der Waals surface area (Å²) in [6.45, 7) is 0.361. The summed E-state index contributed by atoms with van der Waals surface area (Å²) in [6.07, 6.45) is 2.77. The van der Waals surface area contributed by atoms with E-state index in [9.17, 15) is 4.79 Å². The molecule has 1 aromatic carbocycles. The van der Waals surface area contributed by atoms with E-state index in [1.165, 1.54) is 12.2 Å². The summed E-state index contributed by atoms with van der Waals surface area (Å²) in [5.41, 5.74) is 6.06. The minimum absolute atomic E-state index is 0.0398. The van der Waals surface area contributed by atoms with Crippen molar-refractivity contribution in [2.45, 2.75) is 25.4 Å². The number of Topliss-reactive ketones (excluding diaryl/α,β-unsaturated/α-hetero) is 1. The number of methoxy groups -OCH3 is 1. The van der Waals surface area contributed by atoms with E-state index in [-0.39, 0.29) is 11.9 Å². The number of ketones is 1. The third-order valence-corrected chi connectivity index (χ3v) is 4.45. The van der Waals surface area contributed by atoms with Crippen LogP contribution >= 0.6 is 11.8 Å². The zero-order valence-corrected chi connectivity index (χ0v) is 12.6. The van der Waals surface area contributed by atoms with Crippen molar-refractivity contribution >= 4 is 17.5 Å². The molecule has 1 atom stereocenters. The first kappa shape index (κ1) is 15.2. The van der Waals surface area contributed by atoms with E-state index in [1.807, 2.05) is 11.8 Å². The molecule has 1 heterocycles. The molecule has 0 amide bonds. The number of benzene rings is 1. The highest BCUT2D eigenvalue weighted by atomic mass is 32.2. The van der Waals surface area contributed by atoms with Gasteiger partial charge in [0.05, 0.1) is 7.11 Å². The summed E-state index contributed by atoms with van der Waals surface area (Å²) in [5.74, 6) is 3.56. The largest absolute Gasteiger partial charge is 0.493 e. The Morgan fingerprint density at radius 1 is 1.45 bits per heavy atom. The molecule has 0 radical (unpaired) electrons. The molecular formula is C15H21NO3S. The quantitative estimate of drug-likeness (QED) is 0.817. The van der Waals surface area contributed by atoms with E-state index in [4.69, 9.17) is 15.2 Å². The second-order valence-electron chi connectivity index (χ2n) is 4.78. The van der Waals surface area contributed by atoms with Crippen molar-refractivity contribution in [1.29, 1.82) is 0 Å². The van der Waals surface area contributed by atoms with Crippen LogP contribution in [0.5, 0.6) is 11.5 Å². The Kier molecular flexibility index (Phi) is 5.73. The van der Waals surface area contributed by atoms with Crippen molar-refractivity contribution in [2.24, 2.45) is 5.73 Å². The van der Waals surface area contributed by atoms with Gasteiger partial charge in [-0.3, -0.25) is 4.79 Å². The lowest BCUT2D eigenvalue weighted by Gasteiger charge is -2.24. The predicted molar refractivity (Wildman–Crippen MR) is 82.0 cm³/mol. The molecule has 1 aliphatic heterocycles. The van der Waals surface area contributed by atoms with Gasteiger partial charge < -0.3 is 15.2 Å². The van der Waals surface area contributed by atoms with Crippen LogP contribution in [0.25, 0.3) is 0 Å². The minimum atomic E-state index is 0.0398. The highest BCUT2D eigenvalue weighted by molar-refractivity contribution is 7.99. The Morgan fingerprint density at radius 2 is 2.30 bits per heavy atom. The van der Waals surface area contributed by atoms with E-state index < -0.39 is 0 Å². The lowest BCUT2D eigenvalue weighted by atomic mass is 10.1. The van der Waals surface area contributed by atoms with Crippen LogP contribution in [-0.2, 0) is 0 Å². The molecule has 110 valence electrons. The van der Waals surface area contributed by atoms with E-state index in [0.29, 0.717) is 30.0 Å². The van der Waals surface area contributed by atoms with Gasteiger partial charge in [0.2, 0.25) is 0 Å². The van der Waals surface area contributed by atoms with E-state index >= 15 is 0 Å². The molecule has 1 saturated heterocycles. The average Bonchev–Trinajstić information content (AvgIpc) is 2.48. The summed E-state index contributed by atoms with van der Waals surface area (Å²) >= 11 is 1.91. The fraction of sp³-hybridized carbons (Fsp3) is 0.533. The van der Waals surface area contributed by atoms with E-state index in [0.717, 1.165) is 12.2 Å². The van der Waals surface area contributed by atoms with Gasteiger partial charge in [0.1, 0.15) is 6.10 Å². The number of carbonyl (C=O) groups is 1. The Balaban J connectivity index is 2.15.